The Balaban J connectivity index is 1.93. The molecule has 2 rings (SSSR count). The highest BCUT2D eigenvalue weighted by Gasteiger charge is 2.17. The third-order valence-electron chi connectivity index (χ3n) is 4.40. The van der Waals surface area contributed by atoms with Crippen LogP contribution in [-0.2, 0) is 16.4 Å². The molecule has 1 N–H and O–H groups in total. The van der Waals surface area contributed by atoms with Crippen molar-refractivity contribution in [1.29, 1.82) is 0 Å². The minimum Gasteiger partial charge on any atom is -0.308 e. The van der Waals surface area contributed by atoms with E-state index < -0.39 is 10.0 Å². The van der Waals surface area contributed by atoms with Crippen LogP contribution in [0.25, 0.3) is 0 Å². The van der Waals surface area contributed by atoms with Crippen molar-refractivity contribution < 1.29 is 8.42 Å². The standard InChI is InChI=1S/C20H28N2O2S/c1-16(10-11-18-8-6-5-7-9-18)21-17(2)19-12-14-20(15-13-19)25(23,24)22(3)4/h5-9,12-17,21H,10-11H2,1-4H3. The van der Waals surface area contributed by atoms with Crippen LogP contribution in [0.2, 0.25) is 0 Å². The second-order valence-corrected chi connectivity index (χ2v) is 8.82. The Bertz CT molecular complexity index is 756. The molecule has 2 aromatic carbocycles. The normalized spacial score (nSPS) is 14.4. The molecule has 0 heterocycles. The van der Waals surface area contributed by atoms with Gasteiger partial charge in [-0.3, -0.25) is 0 Å². The number of hydrogen-bond acceptors (Lipinski definition) is 3. The second kappa shape index (κ2) is 8.61. The molecule has 0 aliphatic rings. The molecular formula is C20H28N2O2S. The molecule has 0 amide bonds. The number of aryl methyl sites for hydroxylation is 1. The maximum atomic E-state index is 12.1. The van der Waals surface area contributed by atoms with Crippen LogP contribution in [0.3, 0.4) is 0 Å². The summed E-state index contributed by atoms with van der Waals surface area (Å²) in [5, 5.41) is 3.59. The van der Waals surface area contributed by atoms with E-state index in [1.54, 1.807) is 26.2 Å². The Morgan fingerprint density at radius 2 is 1.56 bits per heavy atom. The van der Waals surface area contributed by atoms with Crippen LogP contribution in [0.4, 0.5) is 0 Å². The summed E-state index contributed by atoms with van der Waals surface area (Å²) in [7, 11) is -0.282. The van der Waals surface area contributed by atoms with Gasteiger partial charge < -0.3 is 5.32 Å². The van der Waals surface area contributed by atoms with Crippen molar-refractivity contribution in [2.45, 2.75) is 43.7 Å². The van der Waals surface area contributed by atoms with E-state index >= 15 is 0 Å². The first-order valence-corrected chi connectivity index (χ1v) is 10.1. The quantitative estimate of drug-likeness (QED) is 0.782. The fourth-order valence-electron chi connectivity index (χ4n) is 2.77. The highest BCUT2D eigenvalue weighted by molar-refractivity contribution is 7.89. The average molecular weight is 361 g/mol. The third kappa shape index (κ3) is 5.39. The van der Waals surface area contributed by atoms with E-state index in [-0.39, 0.29) is 6.04 Å². The van der Waals surface area contributed by atoms with E-state index in [0.29, 0.717) is 10.9 Å². The van der Waals surface area contributed by atoms with Gasteiger partial charge in [0.25, 0.3) is 0 Å². The molecule has 0 aliphatic heterocycles. The molecule has 0 aromatic heterocycles. The number of rotatable bonds is 8. The smallest absolute Gasteiger partial charge is 0.242 e. The second-order valence-electron chi connectivity index (χ2n) is 6.67. The van der Waals surface area contributed by atoms with Crippen LogP contribution in [0.5, 0.6) is 0 Å². The molecule has 0 spiro atoms. The topological polar surface area (TPSA) is 49.4 Å². The summed E-state index contributed by atoms with van der Waals surface area (Å²) in [5.41, 5.74) is 2.44. The van der Waals surface area contributed by atoms with Crippen LogP contribution >= 0.6 is 0 Å². The molecule has 4 nitrogen and oxygen atoms in total. The summed E-state index contributed by atoms with van der Waals surface area (Å²) in [5.74, 6) is 0. The first-order chi connectivity index (χ1) is 11.8. The van der Waals surface area contributed by atoms with Crippen LogP contribution in [0, 0.1) is 0 Å². The molecule has 5 heteroatoms. The molecule has 2 atom stereocenters. The predicted octanol–water partition coefficient (Wildman–Crippen LogP) is 3.61. The minimum absolute atomic E-state index is 0.168. The number of benzene rings is 2. The van der Waals surface area contributed by atoms with E-state index in [4.69, 9.17) is 0 Å². The monoisotopic (exact) mass is 360 g/mol. The van der Waals surface area contributed by atoms with Gasteiger partial charge in [0.1, 0.15) is 0 Å². The fourth-order valence-corrected chi connectivity index (χ4v) is 3.68. The lowest BCUT2D eigenvalue weighted by atomic mass is 10.0. The number of nitrogens with zero attached hydrogens (tertiary/aromatic N) is 1. The first kappa shape index (κ1) is 19.6. The van der Waals surface area contributed by atoms with E-state index in [1.807, 2.05) is 18.2 Å². The Morgan fingerprint density at radius 3 is 2.12 bits per heavy atom. The van der Waals surface area contributed by atoms with Gasteiger partial charge in [0.2, 0.25) is 10.0 Å². The molecule has 0 bridgehead atoms. The summed E-state index contributed by atoms with van der Waals surface area (Å²) in [6.07, 6.45) is 2.10. The maximum Gasteiger partial charge on any atom is 0.242 e. The lowest BCUT2D eigenvalue weighted by molar-refractivity contribution is 0.456. The van der Waals surface area contributed by atoms with Crippen LogP contribution < -0.4 is 5.32 Å². The van der Waals surface area contributed by atoms with Crippen LogP contribution in [0.1, 0.15) is 37.4 Å². The summed E-state index contributed by atoms with van der Waals surface area (Å²) in [4.78, 5) is 0.325. The van der Waals surface area contributed by atoms with Gasteiger partial charge >= 0.3 is 0 Å². The van der Waals surface area contributed by atoms with Gasteiger partial charge in [-0.1, -0.05) is 42.5 Å². The van der Waals surface area contributed by atoms with E-state index in [0.717, 1.165) is 18.4 Å². The molecular weight excluding hydrogens is 332 g/mol. The first-order valence-electron chi connectivity index (χ1n) is 8.63. The summed E-state index contributed by atoms with van der Waals surface area (Å²) >= 11 is 0. The Kier molecular flexibility index (Phi) is 6.76. The van der Waals surface area contributed by atoms with E-state index in [1.165, 1.54) is 9.87 Å². The Morgan fingerprint density at radius 1 is 0.960 bits per heavy atom. The highest BCUT2D eigenvalue weighted by atomic mass is 32.2. The molecule has 0 fully saturated rings. The van der Waals surface area contributed by atoms with Gasteiger partial charge in [-0.25, -0.2) is 12.7 Å². The lowest BCUT2D eigenvalue weighted by Crippen LogP contribution is -2.29. The molecule has 0 radical (unpaired) electrons. The van der Waals surface area contributed by atoms with Crippen molar-refractivity contribution in [3.05, 3.63) is 65.7 Å². The zero-order chi connectivity index (χ0) is 18.4. The average Bonchev–Trinajstić information content (AvgIpc) is 2.60. The van der Waals surface area contributed by atoms with E-state index in [2.05, 4.69) is 43.4 Å². The maximum absolute atomic E-state index is 12.1. The molecule has 25 heavy (non-hydrogen) atoms. The minimum atomic E-state index is -3.37. The van der Waals surface area contributed by atoms with Crippen LogP contribution in [0.15, 0.2) is 59.5 Å². The molecule has 0 saturated carbocycles. The summed E-state index contributed by atoms with van der Waals surface area (Å²) < 4.78 is 25.5. The fraction of sp³-hybridized carbons (Fsp3) is 0.400. The van der Waals surface area contributed by atoms with Gasteiger partial charge in [0.05, 0.1) is 4.90 Å². The predicted molar refractivity (Wildman–Crippen MR) is 103 cm³/mol. The van der Waals surface area contributed by atoms with Crippen molar-refractivity contribution in [2.75, 3.05) is 14.1 Å². The molecule has 2 unspecified atom stereocenters. The van der Waals surface area contributed by atoms with Gasteiger partial charge in [-0.15, -0.1) is 0 Å². The Labute approximate surface area is 151 Å². The van der Waals surface area contributed by atoms with Gasteiger partial charge in [0.15, 0.2) is 0 Å². The van der Waals surface area contributed by atoms with Gasteiger partial charge in [0, 0.05) is 26.2 Å². The number of sulfonamides is 1. The Hall–Kier alpha value is -1.69. The molecule has 0 aliphatic carbocycles. The number of nitrogens with one attached hydrogen (secondary N) is 1. The van der Waals surface area contributed by atoms with Crippen molar-refractivity contribution in [3.8, 4) is 0 Å². The van der Waals surface area contributed by atoms with Crippen LogP contribution in [-0.4, -0.2) is 32.9 Å². The lowest BCUT2D eigenvalue weighted by Gasteiger charge is -2.21. The van der Waals surface area contributed by atoms with Crippen molar-refractivity contribution in [3.63, 3.8) is 0 Å². The van der Waals surface area contributed by atoms with Crippen molar-refractivity contribution >= 4 is 10.0 Å². The van der Waals surface area contributed by atoms with Gasteiger partial charge in [-0.05, 0) is 49.9 Å². The third-order valence-corrected chi connectivity index (χ3v) is 6.23. The van der Waals surface area contributed by atoms with E-state index in [9.17, 15) is 8.42 Å². The van der Waals surface area contributed by atoms with Crippen molar-refractivity contribution in [1.82, 2.24) is 9.62 Å². The molecule has 136 valence electrons. The summed E-state index contributed by atoms with van der Waals surface area (Å²) in [6.45, 7) is 4.29. The number of hydrogen-bond donors (Lipinski definition) is 1. The molecule has 2 aromatic rings. The van der Waals surface area contributed by atoms with Crippen molar-refractivity contribution in [2.24, 2.45) is 0 Å². The SMILES string of the molecule is CC(CCc1ccccc1)NC(C)c1ccc(S(=O)(=O)N(C)C)cc1. The largest absolute Gasteiger partial charge is 0.308 e. The highest BCUT2D eigenvalue weighted by Crippen LogP contribution is 2.19. The zero-order valence-electron chi connectivity index (χ0n) is 15.4. The van der Waals surface area contributed by atoms with Gasteiger partial charge in [-0.2, -0.15) is 0 Å². The zero-order valence-corrected chi connectivity index (χ0v) is 16.3. The molecule has 0 saturated heterocycles. The summed E-state index contributed by atoms with van der Waals surface area (Å²) in [6, 6.07) is 18.2.